The number of halogens is 4. The molecule has 0 spiro atoms. The van der Waals surface area contributed by atoms with Gasteiger partial charge in [0.2, 0.25) is 0 Å². The maximum Gasteiger partial charge on any atom is 0.197 e. The minimum atomic E-state index is -0.430. The van der Waals surface area contributed by atoms with Gasteiger partial charge >= 0.3 is 0 Å². The smallest absolute Gasteiger partial charge is 0.197 e. The first-order chi connectivity index (χ1) is 14.3. The van der Waals surface area contributed by atoms with Gasteiger partial charge in [0, 0.05) is 11.1 Å². The number of carbonyl (C=O) groups excluding carboxylic acids is 2. The highest BCUT2D eigenvalue weighted by molar-refractivity contribution is 7.27. The molecule has 7 heteroatoms. The van der Waals surface area contributed by atoms with Crippen LogP contribution < -0.4 is 5.30 Å². The molecule has 0 aliphatic carbocycles. The summed E-state index contributed by atoms with van der Waals surface area (Å²) in [6.45, 7) is 2.00. The van der Waals surface area contributed by atoms with Crippen molar-refractivity contribution in [1.82, 2.24) is 0 Å². The third kappa shape index (κ3) is 4.44. The Balaban J connectivity index is 2.33. The van der Waals surface area contributed by atoms with Crippen molar-refractivity contribution in [3.8, 4) is 0 Å². The van der Waals surface area contributed by atoms with E-state index in [9.17, 15) is 9.59 Å². The van der Waals surface area contributed by atoms with E-state index in [1.807, 2.05) is 13.0 Å². The van der Waals surface area contributed by atoms with Crippen LogP contribution in [0.1, 0.15) is 50.8 Å². The summed E-state index contributed by atoms with van der Waals surface area (Å²) in [5.74, 6) is -0.843. The number of ketones is 2. The van der Waals surface area contributed by atoms with Crippen LogP contribution in [0.15, 0.2) is 48.5 Å². The lowest BCUT2D eigenvalue weighted by Gasteiger charge is -2.18. The molecule has 0 aromatic heterocycles. The summed E-state index contributed by atoms with van der Waals surface area (Å²) < 4.78 is 0. The van der Waals surface area contributed by atoms with E-state index in [1.54, 1.807) is 42.5 Å². The lowest BCUT2D eigenvalue weighted by Crippen LogP contribution is -2.21. The van der Waals surface area contributed by atoms with Crippen molar-refractivity contribution in [2.75, 3.05) is 0 Å². The second kappa shape index (κ2) is 9.81. The average molecular weight is 498 g/mol. The first kappa shape index (κ1) is 23.3. The van der Waals surface area contributed by atoms with Gasteiger partial charge in [0.25, 0.3) is 0 Å². The molecule has 0 N–H and O–H groups in total. The Kier molecular flexibility index (Phi) is 7.61. The highest BCUT2D eigenvalue weighted by Crippen LogP contribution is 2.33. The maximum absolute atomic E-state index is 13.7. The predicted octanol–water partition coefficient (Wildman–Crippen LogP) is 7.22. The number of aryl methyl sites for hydroxylation is 1. The topological polar surface area (TPSA) is 34.1 Å². The Hall–Kier alpha value is -1.41. The molecule has 1 unspecified atom stereocenters. The summed E-state index contributed by atoms with van der Waals surface area (Å²) >= 11 is 25.2. The number of rotatable bonds is 6. The summed E-state index contributed by atoms with van der Waals surface area (Å²) in [6.07, 6.45) is 1.39. The summed E-state index contributed by atoms with van der Waals surface area (Å²) in [7, 11) is 2.51. The molecule has 0 aliphatic rings. The van der Waals surface area contributed by atoms with Crippen LogP contribution in [0.5, 0.6) is 0 Å². The van der Waals surface area contributed by atoms with E-state index in [4.69, 9.17) is 46.4 Å². The molecular formula is C23H17Cl4O2P. The molecule has 3 aromatic carbocycles. The van der Waals surface area contributed by atoms with Crippen molar-refractivity contribution in [3.63, 3.8) is 0 Å². The molecule has 0 amide bonds. The van der Waals surface area contributed by atoms with Gasteiger partial charge in [0.15, 0.2) is 11.6 Å². The highest BCUT2D eigenvalue weighted by atomic mass is 35.5. The molecule has 3 aromatic rings. The van der Waals surface area contributed by atoms with Gasteiger partial charge in [0.1, 0.15) is 0 Å². The third-order valence-electron chi connectivity index (χ3n) is 4.68. The number of carbonyl (C=O) groups is 2. The average Bonchev–Trinajstić information content (AvgIpc) is 2.68. The van der Waals surface area contributed by atoms with E-state index in [1.165, 1.54) is 0 Å². The Morgan fingerprint density at radius 2 is 1.13 bits per heavy atom. The van der Waals surface area contributed by atoms with Gasteiger partial charge in [-0.1, -0.05) is 84.0 Å². The molecule has 1 atom stereocenters. The molecule has 0 saturated carbocycles. The fourth-order valence-electron chi connectivity index (χ4n) is 3.32. The van der Waals surface area contributed by atoms with Gasteiger partial charge in [-0.05, 0) is 41.6 Å². The zero-order valence-electron chi connectivity index (χ0n) is 15.9. The fraction of sp³-hybridized carbons (Fsp3) is 0.130. The second-order valence-corrected chi connectivity index (χ2v) is 8.92. The third-order valence-corrected chi connectivity index (χ3v) is 6.42. The standard InChI is InChI=1S/C23H17Cl4O2P/c1-2-5-12-10-11-17(30)21(23(29)20-15(26)8-4-9-16(20)27)18(12)22(28)19-13(24)6-3-7-14(19)25/h3-4,6-11H,2,5,30H2,1H3. The number of hydrogen-bond donors (Lipinski definition) is 0. The normalized spacial score (nSPS) is 10.9. The molecule has 0 bridgehead atoms. The Morgan fingerprint density at radius 1 is 0.700 bits per heavy atom. The van der Waals surface area contributed by atoms with E-state index in [-0.39, 0.29) is 42.3 Å². The molecule has 0 radical (unpaired) electrons. The van der Waals surface area contributed by atoms with E-state index < -0.39 is 11.6 Å². The SMILES string of the molecule is CCCc1ccc(P)c(C(=O)c2c(Cl)cccc2Cl)c1C(=O)c1c(Cl)cccc1Cl. The lowest BCUT2D eigenvalue weighted by atomic mass is 9.88. The van der Waals surface area contributed by atoms with Gasteiger partial charge in [0.05, 0.1) is 31.2 Å². The van der Waals surface area contributed by atoms with Crippen LogP contribution >= 0.6 is 55.6 Å². The molecule has 2 nitrogen and oxygen atoms in total. The van der Waals surface area contributed by atoms with Gasteiger partial charge < -0.3 is 0 Å². The van der Waals surface area contributed by atoms with Crippen molar-refractivity contribution in [3.05, 3.63) is 96.4 Å². The molecule has 0 aliphatic heterocycles. The second-order valence-electron chi connectivity index (χ2n) is 6.67. The molecule has 154 valence electrons. The van der Waals surface area contributed by atoms with Gasteiger partial charge in [-0.15, -0.1) is 9.24 Å². The first-order valence-electron chi connectivity index (χ1n) is 9.16. The van der Waals surface area contributed by atoms with E-state index in [0.29, 0.717) is 11.7 Å². The molecule has 0 heterocycles. The zero-order valence-corrected chi connectivity index (χ0v) is 20.1. The van der Waals surface area contributed by atoms with E-state index in [0.717, 1.165) is 12.0 Å². The van der Waals surface area contributed by atoms with Crippen molar-refractivity contribution >= 4 is 72.5 Å². The fourth-order valence-corrected chi connectivity index (χ4v) is 4.83. The minimum absolute atomic E-state index is 0.150. The summed E-state index contributed by atoms with van der Waals surface area (Å²) in [6, 6.07) is 13.3. The number of hydrogen-bond acceptors (Lipinski definition) is 2. The summed E-state index contributed by atoms with van der Waals surface area (Å²) in [5, 5.41) is 1.43. The zero-order chi connectivity index (χ0) is 22.0. The molecule has 0 saturated heterocycles. The van der Waals surface area contributed by atoms with Crippen LogP contribution in [0.4, 0.5) is 0 Å². The van der Waals surface area contributed by atoms with Crippen molar-refractivity contribution in [2.24, 2.45) is 0 Å². The minimum Gasteiger partial charge on any atom is -0.288 e. The van der Waals surface area contributed by atoms with Crippen LogP contribution in [-0.4, -0.2) is 11.6 Å². The summed E-state index contributed by atoms with van der Waals surface area (Å²) in [5.41, 5.74) is 1.53. The Labute approximate surface area is 197 Å². The van der Waals surface area contributed by atoms with Gasteiger partial charge in [-0.2, -0.15) is 0 Å². The van der Waals surface area contributed by atoms with Gasteiger partial charge in [-0.3, -0.25) is 9.59 Å². The molecular weight excluding hydrogens is 481 g/mol. The lowest BCUT2D eigenvalue weighted by molar-refractivity contribution is 0.100. The van der Waals surface area contributed by atoms with Gasteiger partial charge in [-0.25, -0.2) is 0 Å². The predicted molar refractivity (Wildman–Crippen MR) is 130 cm³/mol. The van der Waals surface area contributed by atoms with Crippen LogP contribution in [0.3, 0.4) is 0 Å². The van der Waals surface area contributed by atoms with Crippen LogP contribution in [0, 0.1) is 0 Å². The Morgan fingerprint density at radius 3 is 1.57 bits per heavy atom. The highest BCUT2D eigenvalue weighted by Gasteiger charge is 2.29. The van der Waals surface area contributed by atoms with E-state index in [2.05, 4.69) is 9.24 Å². The number of benzene rings is 3. The largest absolute Gasteiger partial charge is 0.288 e. The maximum atomic E-state index is 13.7. The van der Waals surface area contributed by atoms with Crippen molar-refractivity contribution in [2.45, 2.75) is 19.8 Å². The monoisotopic (exact) mass is 496 g/mol. The molecule has 30 heavy (non-hydrogen) atoms. The van der Waals surface area contributed by atoms with Crippen LogP contribution in [0.2, 0.25) is 20.1 Å². The Bertz CT molecular complexity index is 1120. The quantitative estimate of drug-likeness (QED) is 0.266. The molecule has 0 fully saturated rings. The van der Waals surface area contributed by atoms with Crippen molar-refractivity contribution < 1.29 is 9.59 Å². The first-order valence-corrected chi connectivity index (χ1v) is 11.3. The van der Waals surface area contributed by atoms with Crippen LogP contribution in [-0.2, 0) is 6.42 Å². The molecule has 3 rings (SSSR count). The van der Waals surface area contributed by atoms with E-state index >= 15 is 0 Å². The van der Waals surface area contributed by atoms with Crippen molar-refractivity contribution in [1.29, 1.82) is 0 Å². The summed E-state index contributed by atoms with van der Waals surface area (Å²) in [4.78, 5) is 27.3. The van der Waals surface area contributed by atoms with Crippen LogP contribution in [0.25, 0.3) is 0 Å².